The Morgan fingerprint density at radius 2 is 0.822 bits per heavy atom. The molecule has 0 saturated heterocycles. The van der Waals surface area contributed by atoms with Crippen LogP contribution in [-0.2, 0) is 0 Å². The van der Waals surface area contributed by atoms with Gasteiger partial charge in [0.25, 0.3) is 0 Å². The molecule has 0 amide bonds. The Labute approximate surface area is 261 Å². The van der Waals surface area contributed by atoms with Crippen molar-refractivity contribution < 1.29 is 0 Å². The minimum absolute atomic E-state index is 0.252. The minimum Gasteiger partial charge on any atom is -0.315 e. The number of para-hydroxylation sites is 3. The van der Waals surface area contributed by atoms with Gasteiger partial charge in [-0.3, -0.25) is 4.90 Å². The van der Waals surface area contributed by atoms with Crippen LogP contribution < -0.4 is 9.80 Å². The average molecular weight is 578 g/mol. The van der Waals surface area contributed by atoms with Gasteiger partial charge in [0.15, 0.2) is 11.6 Å². The van der Waals surface area contributed by atoms with Crippen LogP contribution >= 0.6 is 0 Å². The van der Waals surface area contributed by atoms with E-state index in [1.807, 2.05) is 36.4 Å². The molecule has 1 atom stereocenters. The molecule has 0 saturated carbocycles. The van der Waals surface area contributed by atoms with Gasteiger partial charge in [-0.25, -0.2) is 4.98 Å². The fourth-order valence-electron chi connectivity index (χ4n) is 6.76. The number of hydrogen-bond acceptors (Lipinski definition) is 5. The molecule has 6 aromatic carbocycles. The molecule has 5 heteroatoms. The van der Waals surface area contributed by atoms with Crippen LogP contribution in [0.25, 0.3) is 45.0 Å². The monoisotopic (exact) mass is 577 g/mol. The van der Waals surface area contributed by atoms with E-state index in [4.69, 9.17) is 15.0 Å². The minimum atomic E-state index is -0.252. The highest BCUT2D eigenvalue weighted by atomic mass is 15.4. The summed E-state index contributed by atoms with van der Waals surface area (Å²) in [5.74, 6) is 1.87. The third kappa shape index (κ3) is 4.05. The van der Waals surface area contributed by atoms with E-state index in [-0.39, 0.29) is 6.17 Å². The van der Waals surface area contributed by atoms with Crippen molar-refractivity contribution in [3.05, 3.63) is 163 Å². The van der Waals surface area contributed by atoms with E-state index in [0.717, 1.165) is 33.8 Å². The highest BCUT2D eigenvalue weighted by Crippen LogP contribution is 2.58. The van der Waals surface area contributed by atoms with Gasteiger partial charge in [-0.15, -0.1) is 0 Å². The second kappa shape index (κ2) is 10.3. The van der Waals surface area contributed by atoms with E-state index >= 15 is 0 Å². The fraction of sp³-hybridized carbons (Fsp3) is 0.0250. The van der Waals surface area contributed by atoms with E-state index in [2.05, 4.69) is 131 Å². The lowest BCUT2D eigenvalue weighted by molar-refractivity contribution is 0.677. The van der Waals surface area contributed by atoms with Crippen molar-refractivity contribution in [2.45, 2.75) is 6.17 Å². The van der Waals surface area contributed by atoms with Crippen molar-refractivity contribution in [1.29, 1.82) is 0 Å². The number of fused-ring (bicyclic) bond motifs is 4. The zero-order valence-corrected chi connectivity index (χ0v) is 24.3. The van der Waals surface area contributed by atoms with Gasteiger partial charge in [0, 0.05) is 33.5 Å². The van der Waals surface area contributed by atoms with Crippen molar-refractivity contribution in [3.8, 4) is 45.0 Å². The summed E-state index contributed by atoms with van der Waals surface area (Å²) in [5.41, 5.74) is 11.2. The number of rotatable bonds is 4. The molecule has 212 valence electrons. The van der Waals surface area contributed by atoms with Gasteiger partial charge in [0.1, 0.15) is 6.17 Å². The van der Waals surface area contributed by atoms with Gasteiger partial charge in [-0.1, -0.05) is 133 Å². The first-order valence-corrected chi connectivity index (χ1v) is 15.2. The first kappa shape index (κ1) is 25.4. The lowest BCUT2D eigenvalue weighted by atomic mass is 9.82. The maximum Gasteiger partial charge on any atom is 0.236 e. The van der Waals surface area contributed by atoms with Crippen molar-refractivity contribution in [3.63, 3.8) is 0 Å². The van der Waals surface area contributed by atoms with Crippen molar-refractivity contribution >= 4 is 23.0 Å². The molecular weight excluding hydrogens is 550 g/mol. The molecule has 0 N–H and O–H groups in total. The summed E-state index contributed by atoms with van der Waals surface area (Å²) in [6.45, 7) is 0. The second-order valence-electron chi connectivity index (χ2n) is 11.3. The molecule has 45 heavy (non-hydrogen) atoms. The highest BCUT2D eigenvalue weighted by molar-refractivity contribution is 5.98. The molecular formula is C40H27N5. The SMILES string of the molecule is c1ccc(-c2nc(-c3ccccc3)nc(N3c4ccccc4-c4cccc5c4C3N(c3ccccc3)c3ccccc3-5)n2)cc1. The maximum atomic E-state index is 5.24. The van der Waals surface area contributed by atoms with E-state index < -0.39 is 0 Å². The molecule has 0 radical (unpaired) electrons. The Morgan fingerprint density at radius 1 is 0.378 bits per heavy atom. The molecule has 7 aromatic rings. The Hall–Kier alpha value is -6.07. The molecule has 0 spiro atoms. The standard InChI is InChI=1S/C40H27N5/c1-4-15-27(16-5-1)37-41-38(28-17-6-2-7-18-28)43-40(42-37)45-35-26-13-11-22-31(35)33-24-14-23-32-30-21-10-12-25-34(30)44(39(45)36(32)33)29-19-8-3-9-20-29/h1-26,39H. The zero-order valence-electron chi connectivity index (χ0n) is 24.3. The fourth-order valence-corrected chi connectivity index (χ4v) is 6.76. The summed E-state index contributed by atoms with van der Waals surface area (Å²) in [6.07, 6.45) is -0.252. The summed E-state index contributed by atoms with van der Waals surface area (Å²) < 4.78 is 0. The summed E-state index contributed by atoms with van der Waals surface area (Å²) in [7, 11) is 0. The largest absolute Gasteiger partial charge is 0.315 e. The molecule has 3 heterocycles. The van der Waals surface area contributed by atoms with Gasteiger partial charge >= 0.3 is 0 Å². The van der Waals surface area contributed by atoms with Crippen LogP contribution in [0.3, 0.4) is 0 Å². The zero-order chi connectivity index (χ0) is 29.7. The quantitative estimate of drug-likeness (QED) is 0.208. The number of aromatic nitrogens is 3. The normalized spacial score (nSPS) is 14.4. The summed E-state index contributed by atoms with van der Waals surface area (Å²) >= 11 is 0. The Balaban J connectivity index is 1.37. The van der Waals surface area contributed by atoms with Crippen LogP contribution in [0, 0.1) is 0 Å². The molecule has 5 nitrogen and oxygen atoms in total. The van der Waals surface area contributed by atoms with Crippen LogP contribution in [-0.4, -0.2) is 15.0 Å². The van der Waals surface area contributed by atoms with E-state index in [9.17, 15) is 0 Å². The number of anilines is 4. The summed E-state index contributed by atoms with van der Waals surface area (Å²) in [4.78, 5) is 20.2. The molecule has 2 aliphatic heterocycles. The van der Waals surface area contributed by atoms with Gasteiger partial charge in [0.2, 0.25) is 5.95 Å². The molecule has 0 bridgehead atoms. The highest BCUT2D eigenvalue weighted by Gasteiger charge is 2.43. The first-order valence-electron chi connectivity index (χ1n) is 15.2. The van der Waals surface area contributed by atoms with E-state index in [1.165, 1.54) is 22.3 Å². The van der Waals surface area contributed by atoms with Gasteiger partial charge in [0.05, 0.1) is 11.4 Å². The Kier molecular flexibility index (Phi) is 5.81. The third-order valence-corrected chi connectivity index (χ3v) is 8.70. The van der Waals surface area contributed by atoms with Gasteiger partial charge in [-0.05, 0) is 35.4 Å². The second-order valence-corrected chi connectivity index (χ2v) is 11.3. The van der Waals surface area contributed by atoms with Crippen LogP contribution in [0.4, 0.5) is 23.0 Å². The van der Waals surface area contributed by atoms with Crippen molar-refractivity contribution in [2.24, 2.45) is 0 Å². The predicted molar refractivity (Wildman–Crippen MR) is 181 cm³/mol. The number of nitrogens with zero attached hydrogens (tertiary/aromatic N) is 5. The maximum absolute atomic E-state index is 5.24. The van der Waals surface area contributed by atoms with Crippen LogP contribution in [0.2, 0.25) is 0 Å². The van der Waals surface area contributed by atoms with E-state index in [0.29, 0.717) is 17.6 Å². The van der Waals surface area contributed by atoms with Crippen LogP contribution in [0.15, 0.2) is 158 Å². The van der Waals surface area contributed by atoms with Gasteiger partial charge < -0.3 is 4.90 Å². The number of benzene rings is 6. The lowest BCUT2D eigenvalue weighted by Crippen LogP contribution is -2.42. The Bertz CT molecular complexity index is 2110. The van der Waals surface area contributed by atoms with Crippen LogP contribution in [0.5, 0.6) is 0 Å². The smallest absolute Gasteiger partial charge is 0.236 e. The lowest BCUT2D eigenvalue weighted by Gasteiger charge is -2.49. The van der Waals surface area contributed by atoms with Crippen LogP contribution in [0.1, 0.15) is 11.7 Å². The molecule has 1 unspecified atom stereocenters. The summed E-state index contributed by atoms with van der Waals surface area (Å²) in [6, 6.07) is 54.9. The molecule has 0 aliphatic carbocycles. The van der Waals surface area contributed by atoms with Gasteiger partial charge in [-0.2, -0.15) is 9.97 Å². The topological polar surface area (TPSA) is 45.2 Å². The first-order chi connectivity index (χ1) is 22.3. The average Bonchev–Trinajstić information content (AvgIpc) is 3.13. The third-order valence-electron chi connectivity index (χ3n) is 8.70. The Morgan fingerprint density at radius 3 is 1.38 bits per heavy atom. The molecule has 0 fully saturated rings. The summed E-state index contributed by atoms with van der Waals surface area (Å²) in [5, 5.41) is 0. The molecule has 1 aromatic heterocycles. The molecule has 9 rings (SSSR count). The number of hydrogen-bond donors (Lipinski definition) is 0. The van der Waals surface area contributed by atoms with Crippen molar-refractivity contribution in [2.75, 3.05) is 9.80 Å². The predicted octanol–water partition coefficient (Wildman–Crippen LogP) is 9.84. The van der Waals surface area contributed by atoms with Crippen molar-refractivity contribution in [1.82, 2.24) is 15.0 Å². The molecule has 2 aliphatic rings. The van der Waals surface area contributed by atoms with E-state index in [1.54, 1.807) is 0 Å².